The molecule has 2 N–H and O–H groups in total. The molecule has 0 unspecified atom stereocenters. The van der Waals surface area contributed by atoms with Crippen molar-refractivity contribution < 1.29 is 24.3 Å². The average Bonchev–Trinajstić information content (AvgIpc) is 2.88. The molecule has 8 heteroatoms. The number of carbonyl (C=O) groups is 4. The summed E-state index contributed by atoms with van der Waals surface area (Å²) in [6.07, 6.45) is 0.797. The summed E-state index contributed by atoms with van der Waals surface area (Å²) in [6, 6.07) is 7.30. The molecule has 1 aromatic rings. The molecule has 27 heavy (non-hydrogen) atoms. The first-order valence-electron chi connectivity index (χ1n) is 8.83. The highest BCUT2D eigenvalue weighted by molar-refractivity contribution is 8.01. The highest BCUT2D eigenvalue weighted by Crippen LogP contribution is 2.50. The Balaban J connectivity index is 1.49. The lowest BCUT2D eigenvalue weighted by molar-refractivity contribution is -0.161. The third-order valence-electron chi connectivity index (χ3n) is 4.89. The van der Waals surface area contributed by atoms with E-state index < -0.39 is 22.8 Å². The van der Waals surface area contributed by atoms with Gasteiger partial charge in [0, 0.05) is 23.2 Å². The number of nitrogens with zero attached hydrogens (tertiary/aromatic N) is 1. The van der Waals surface area contributed by atoms with Crippen LogP contribution in [0.2, 0.25) is 0 Å². The normalized spacial score (nSPS) is 25.5. The van der Waals surface area contributed by atoms with Gasteiger partial charge in [0.05, 0.1) is 0 Å². The molecule has 2 saturated heterocycles. The van der Waals surface area contributed by atoms with E-state index in [2.05, 4.69) is 5.32 Å². The number of hydrogen-bond donors (Lipinski definition) is 2. The van der Waals surface area contributed by atoms with Crippen LogP contribution in [0.1, 0.15) is 43.5 Å². The smallest absolute Gasteiger partial charge is 0.327 e. The molecule has 3 rings (SSSR count). The standard InChI is InChI=1S/C19H22N2O5S/c1-19(2)15(18(25)26)21-16(24)14(17(21)27-19)20-13(23)10-6-9-12(22)11-7-4-3-5-8-11/h3-5,7-8,14-15,17H,6,9-10H2,1-2H3,(H,20,23)(H,25,26)/t14-,15+,17-/m1/s1. The fourth-order valence-electron chi connectivity index (χ4n) is 3.57. The van der Waals surface area contributed by atoms with Crippen molar-refractivity contribution in [1.82, 2.24) is 10.2 Å². The van der Waals surface area contributed by atoms with E-state index in [0.717, 1.165) is 0 Å². The van der Waals surface area contributed by atoms with Gasteiger partial charge in [0.15, 0.2) is 5.78 Å². The molecule has 0 saturated carbocycles. The number of rotatable bonds is 7. The van der Waals surface area contributed by atoms with Gasteiger partial charge in [-0.05, 0) is 20.3 Å². The Labute approximate surface area is 161 Å². The number of fused-ring (bicyclic) bond motifs is 1. The van der Waals surface area contributed by atoms with Crippen molar-refractivity contribution in [3.05, 3.63) is 35.9 Å². The van der Waals surface area contributed by atoms with E-state index in [4.69, 9.17) is 0 Å². The molecule has 0 aliphatic carbocycles. The number of hydrogen-bond acceptors (Lipinski definition) is 5. The zero-order chi connectivity index (χ0) is 19.8. The van der Waals surface area contributed by atoms with Crippen LogP contribution in [0.3, 0.4) is 0 Å². The van der Waals surface area contributed by atoms with Crippen LogP contribution < -0.4 is 5.32 Å². The number of carboxylic acid groups (broad SMARTS) is 1. The molecule has 3 atom stereocenters. The molecular formula is C19H22N2O5S. The summed E-state index contributed by atoms with van der Waals surface area (Å²) in [5.41, 5.74) is 0.618. The molecule has 2 fully saturated rings. The Bertz CT molecular complexity index is 780. The van der Waals surface area contributed by atoms with Crippen LogP contribution in [0.5, 0.6) is 0 Å². The van der Waals surface area contributed by atoms with Gasteiger partial charge in [0.25, 0.3) is 0 Å². The van der Waals surface area contributed by atoms with Gasteiger partial charge in [0.2, 0.25) is 11.8 Å². The van der Waals surface area contributed by atoms with Crippen LogP contribution in [0.4, 0.5) is 0 Å². The van der Waals surface area contributed by atoms with Crippen molar-refractivity contribution in [1.29, 1.82) is 0 Å². The molecule has 1 aromatic carbocycles. The maximum absolute atomic E-state index is 12.3. The molecule has 0 spiro atoms. The lowest BCUT2D eigenvalue weighted by atomic mass is 9.96. The molecule has 144 valence electrons. The maximum atomic E-state index is 12.3. The van der Waals surface area contributed by atoms with Gasteiger partial charge in [-0.25, -0.2) is 4.79 Å². The number of ketones is 1. The van der Waals surface area contributed by atoms with Gasteiger partial charge in [-0.2, -0.15) is 0 Å². The second kappa shape index (κ2) is 7.34. The summed E-state index contributed by atoms with van der Waals surface area (Å²) >= 11 is 1.39. The van der Waals surface area contributed by atoms with Gasteiger partial charge < -0.3 is 15.3 Å². The predicted molar refractivity (Wildman–Crippen MR) is 100 cm³/mol. The van der Waals surface area contributed by atoms with Crippen LogP contribution in [-0.4, -0.2) is 55.8 Å². The van der Waals surface area contributed by atoms with Gasteiger partial charge in [-0.15, -0.1) is 11.8 Å². The van der Waals surface area contributed by atoms with Crippen LogP contribution in [0.15, 0.2) is 30.3 Å². The van der Waals surface area contributed by atoms with Crippen molar-refractivity contribution in [2.45, 2.75) is 55.3 Å². The van der Waals surface area contributed by atoms with Crippen molar-refractivity contribution in [2.24, 2.45) is 0 Å². The zero-order valence-electron chi connectivity index (χ0n) is 15.2. The number of aliphatic carboxylic acids is 1. The predicted octanol–water partition coefficient (Wildman–Crippen LogP) is 1.67. The molecule has 0 radical (unpaired) electrons. The minimum absolute atomic E-state index is 0.0216. The number of Topliss-reactive ketones (excluding diaryl/α,β-unsaturated/α-hetero) is 1. The number of carbonyl (C=O) groups excluding carboxylic acids is 3. The number of thioether (sulfide) groups is 1. The highest BCUT2D eigenvalue weighted by atomic mass is 32.2. The summed E-state index contributed by atoms with van der Waals surface area (Å²) in [5, 5.41) is 11.7. The van der Waals surface area contributed by atoms with Gasteiger partial charge in [0.1, 0.15) is 17.5 Å². The van der Waals surface area contributed by atoms with Crippen LogP contribution in [-0.2, 0) is 14.4 Å². The van der Waals surface area contributed by atoms with Crippen LogP contribution in [0, 0.1) is 0 Å². The number of nitrogens with one attached hydrogen (secondary N) is 1. The van der Waals surface area contributed by atoms with Gasteiger partial charge in [-0.1, -0.05) is 30.3 Å². The summed E-state index contributed by atoms with van der Waals surface area (Å²) in [4.78, 5) is 49.3. The number of amides is 2. The van der Waals surface area contributed by atoms with Crippen molar-refractivity contribution >= 4 is 35.3 Å². The van der Waals surface area contributed by atoms with E-state index >= 15 is 0 Å². The molecule has 2 amide bonds. The largest absolute Gasteiger partial charge is 0.480 e. The molecule has 0 aromatic heterocycles. The summed E-state index contributed by atoms with van der Waals surface area (Å²) in [5.74, 6) is -1.72. The Hall–Kier alpha value is -2.35. The van der Waals surface area contributed by atoms with Gasteiger partial charge >= 0.3 is 5.97 Å². The first-order chi connectivity index (χ1) is 12.7. The fraction of sp³-hybridized carbons (Fsp3) is 0.474. The fourth-order valence-corrected chi connectivity index (χ4v) is 5.19. The molecule has 2 heterocycles. The van der Waals surface area contributed by atoms with Crippen molar-refractivity contribution in [3.8, 4) is 0 Å². The zero-order valence-corrected chi connectivity index (χ0v) is 16.0. The molecular weight excluding hydrogens is 368 g/mol. The highest BCUT2D eigenvalue weighted by Gasteiger charge is 2.64. The van der Waals surface area contributed by atoms with Crippen LogP contribution >= 0.6 is 11.8 Å². The second-order valence-electron chi connectivity index (χ2n) is 7.29. The van der Waals surface area contributed by atoms with E-state index in [9.17, 15) is 24.3 Å². The summed E-state index contributed by atoms with van der Waals surface area (Å²) in [7, 11) is 0. The lowest BCUT2D eigenvalue weighted by Gasteiger charge is -2.43. The average molecular weight is 390 g/mol. The van der Waals surface area contributed by atoms with Crippen molar-refractivity contribution in [2.75, 3.05) is 0 Å². The monoisotopic (exact) mass is 390 g/mol. The number of carboxylic acids is 1. The first-order valence-corrected chi connectivity index (χ1v) is 9.71. The van der Waals surface area contributed by atoms with E-state index in [1.807, 2.05) is 6.07 Å². The Kier molecular flexibility index (Phi) is 5.28. The summed E-state index contributed by atoms with van der Waals surface area (Å²) in [6.45, 7) is 3.58. The Morgan fingerprint density at radius 3 is 2.48 bits per heavy atom. The van der Waals surface area contributed by atoms with E-state index in [0.29, 0.717) is 12.0 Å². The quantitative estimate of drug-likeness (QED) is 0.542. The minimum atomic E-state index is -1.03. The Morgan fingerprint density at radius 2 is 1.85 bits per heavy atom. The SMILES string of the molecule is CC1(C)S[C@@H]2[C@H](NC(=O)CCCC(=O)c3ccccc3)C(=O)N2[C@H]1C(=O)O. The van der Waals surface area contributed by atoms with Crippen molar-refractivity contribution in [3.63, 3.8) is 0 Å². The van der Waals surface area contributed by atoms with E-state index in [1.165, 1.54) is 16.7 Å². The Morgan fingerprint density at radius 1 is 1.19 bits per heavy atom. The molecule has 2 aliphatic rings. The summed E-state index contributed by atoms with van der Waals surface area (Å²) < 4.78 is -0.617. The first kappa shape index (κ1) is 19.4. The minimum Gasteiger partial charge on any atom is -0.480 e. The third-order valence-corrected chi connectivity index (χ3v) is 6.47. The molecule has 2 aliphatic heterocycles. The lowest BCUT2D eigenvalue weighted by Crippen LogP contribution is -2.70. The van der Waals surface area contributed by atoms with Crippen LogP contribution in [0.25, 0.3) is 0 Å². The second-order valence-corrected chi connectivity index (χ2v) is 9.06. The van der Waals surface area contributed by atoms with E-state index in [-0.39, 0.29) is 35.8 Å². The number of β-lactam (4-membered cyclic amide) rings is 1. The molecule has 7 nitrogen and oxygen atoms in total. The third kappa shape index (κ3) is 3.71. The van der Waals surface area contributed by atoms with Gasteiger partial charge in [-0.3, -0.25) is 14.4 Å². The maximum Gasteiger partial charge on any atom is 0.327 e. The topological polar surface area (TPSA) is 104 Å². The number of benzene rings is 1. The molecule has 0 bridgehead atoms. The van der Waals surface area contributed by atoms with E-state index in [1.54, 1.807) is 38.1 Å².